The molecule has 0 amide bonds. The fourth-order valence-corrected chi connectivity index (χ4v) is 2.47. The number of hydrogen-bond acceptors (Lipinski definition) is 6. The molecule has 0 bridgehead atoms. The second-order valence-electron chi connectivity index (χ2n) is 5.66. The lowest BCUT2D eigenvalue weighted by atomic mass is 9.81. The Morgan fingerprint density at radius 3 is 1.67 bits per heavy atom. The van der Waals surface area contributed by atoms with Gasteiger partial charge < -0.3 is 14.2 Å². The highest BCUT2D eigenvalue weighted by Gasteiger charge is 2.26. The Morgan fingerprint density at radius 2 is 1.21 bits per heavy atom. The first kappa shape index (κ1) is 21.6. The smallest absolute Gasteiger partial charge is 0.310 e. The van der Waals surface area contributed by atoms with Gasteiger partial charge in [0.15, 0.2) is 0 Å². The number of esters is 3. The molecule has 0 radical (unpaired) electrons. The summed E-state index contributed by atoms with van der Waals surface area (Å²) in [5, 5.41) is 0. The van der Waals surface area contributed by atoms with Crippen molar-refractivity contribution in [3.63, 3.8) is 0 Å². The summed E-state index contributed by atoms with van der Waals surface area (Å²) in [6.45, 7) is 13.7. The Hall–Kier alpha value is -2.37. The fraction of sp³-hybridized carbons (Fsp3) is 0.500. The van der Waals surface area contributed by atoms with Crippen molar-refractivity contribution in [2.45, 2.75) is 39.5 Å². The van der Waals surface area contributed by atoms with Crippen molar-refractivity contribution in [2.24, 2.45) is 17.8 Å². The van der Waals surface area contributed by atoms with E-state index in [4.69, 9.17) is 14.2 Å². The molecular formula is C18H26O6. The second kappa shape index (κ2) is 12.1. The minimum absolute atomic E-state index is 0.0307. The molecule has 6 nitrogen and oxygen atoms in total. The van der Waals surface area contributed by atoms with Crippen LogP contribution < -0.4 is 0 Å². The molecule has 0 fully saturated rings. The largest absolute Gasteiger partial charge is 0.435 e. The van der Waals surface area contributed by atoms with Gasteiger partial charge in [0, 0.05) is 19.3 Å². The molecule has 6 heteroatoms. The van der Waals surface area contributed by atoms with Crippen LogP contribution in [0, 0.1) is 17.8 Å². The molecule has 0 spiro atoms. The number of ether oxygens (including phenoxy) is 3. The molecule has 0 aliphatic heterocycles. The molecule has 0 N–H and O–H groups in total. The highest BCUT2D eigenvalue weighted by atomic mass is 16.5. The van der Waals surface area contributed by atoms with E-state index in [0.29, 0.717) is 6.42 Å². The lowest BCUT2D eigenvalue weighted by Crippen LogP contribution is -2.23. The van der Waals surface area contributed by atoms with Crippen LogP contribution in [0.15, 0.2) is 38.5 Å². The van der Waals surface area contributed by atoms with Crippen LogP contribution in [0.5, 0.6) is 0 Å². The first-order chi connectivity index (χ1) is 11.3. The summed E-state index contributed by atoms with van der Waals surface area (Å²) in [6.07, 6.45) is 4.24. The highest BCUT2D eigenvalue weighted by molar-refractivity contribution is 5.72. The van der Waals surface area contributed by atoms with E-state index in [2.05, 4.69) is 19.7 Å². The van der Waals surface area contributed by atoms with Crippen molar-refractivity contribution in [1.82, 2.24) is 0 Å². The van der Waals surface area contributed by atoms with Gasteiger partial charge in [-0.15, -0.1) is 0 Å². The molecule has 0 heterocycles. The van der Waals surface area contributed by atoms with Gasteiger partial charge in [0.1, 0.15) is 0 Å². The summed E-state index contributed by atoms with van der Waals surface area (Å²) in [7, 11) is 0. The van der Waals surface area contributed by atoms with Crippen molar-refractivity contribution >= 4 is 17.9 Å². The van der Waals surface area contributed by atoms with Crippen LogP contribution in [0.2, 0.25) is 0 Å². The lowest BCUT2D eigenvalue weighted by molar-refractivity contribution is -0.143. The third-order valence-corrected chi connectivity index (χ3v) is 3.59. The van der Waals surface area contributed by atoms with Crippen molar-refractivity contribution in [2.75, 3.05) is 0 Å². The topological polar surface area (TPSA) is 78.9 Å². The fourth-order valence-electron chi connectivity index (χ4n) is 2.47. The van der Waals surface area contributed by atoms with E-state index in [1.807, 2.05) is 13.8 Å². The maximum Gasteiger partial charge on any atom is 0.310 e. The van der Waals surface area contributed by atoms with Crippen LogP contribution in [-0.4, -0.2) is 17.9 Å². The van der Waals surface area contributed by atoms with Crippen molar-refractivity contribution < 1.29 is 28.6 Å². The van der Waals surface area contributed by atoms with Gasteiger partial charge in [0.05, 0.1) is 18.8 Å². The highest BCUT2D eigenvalue weighted by Crippen LogP contribution is 2.28. The Kier molecular flexibility index (Phi) is 10.9. The molecule has 3 unspecified atom stereocenters. The lowest BCUT2D eigenvalue weighted by Gasteiger charge is -2.25. The summed E-state index contributed by atoms with van der Waals surface area (Å²) in [4.78, 5) is 34.9. The van der Waals surface area contributed by atoms with E-state index < -0.39 is 11.9 Å². The molecule has 0 saturated heterocycles. The van der Waals surface area contributed by atoms with Gasteiger partial charge >= 0.3 is 17.9 Å². The Bertz CT molecular complexity index is 468. The summed E-state index contributed by atoms with van der Waals surface area (Å²) in [6, 6.07) is 0. The van der Waals surface area contributed by atoms with Crippen LogP contribution in [0.4, 0.5) is 0 Å². The quantitative estimate of drug-likeness (QED) is 0.308. The number of rotatable bonds is 12. The molecule has 0 aliphatic carbocycles. The van der Waals surface area contributed by atoms with E-state index >= 15 is 0 Å². The molecule has 3 atom stereocenters. The maximum absolute atomic E-state index is 11.7. The van der Waals surface area contributed by atoms with Gasteiger partial charge in [-0.2, -0.15) is 0 Å². The molecule has 0 saturated carbocycles. The van der Waals surface area contributed by atoms with Gasteiger partial charge in [-0.05, 0) is 24.2 Å². The second-order valence-corrected chi connectivity index (χ2v) is 5.66. The van der Waals surface area contributed by atoms with Crippen LogP contribution in [0.3, 0.4) is 0 Å². The van der Waals surface area contributed by atoms with Gasteiger partial charge in [-0.3, -0.25) is 14.4 Å². The zero-order valence-corrected chi connectivity index (χ0v) is 14.4. The van der Waals surface area contributed by atoms with Crippen LogP contribution in [0.25, 0.3) is 0 Å². The predicted octanol–water partition coefficient (Wildman–Crippen LogP) is 3.50. The Labute approximate surface area is 143 Å². The number of hydrogen-bond donors (Lipinski definition) is 0. The first-order valence-electron chi connectivity index (χ1n) is 7.75. The van der Waals surface area contributed by atoms with E-state index in [-0.39, 0.29) is 43.0 Å². The van der Waals surface area contributed by atoms with Crippen molar-refractivity contribution in [3.8, 4) is 0 Å². The van der Waals surface area contributed by atoms with Gasteiger partial charge in [-0.25, -0.2) is 0 Å². The monoisotopic (exact) mass is 338 g/mol. The number of carbonyl (C=O) groups excluding carboxylic acids is 3. The zero-order valence-electron chi connectivity index (χ0n) is 14.4. The molecule has 24 heavy (non-hydrogen) atoms. The summed E-state index contributed by atoms with van der Waals surface area (Å²) in [5.74, 6) is -1.55. The third kappa shape index (κ3) is 9.61. The molecular weight excluding hydrogens is 312 g/mol. The summed E-state index contributed by atoms with van der Waals surface area (Å²) < 4.78 is 14.2. The molecule has 0 aromatic heterocycles. The van der Waals surface area contributed by atoms with Crippen molar-refractivity contribution in [3.05, 3.63) is 38.5 Å². The van der Waals surface area contributed by atoms with Gasteiger partial charge in [0.25, 0.3) is 0 Å². The van der Waals surface area contributed by atoms with E-state index in [1.54, 1.807) is 0 Å². The standard InChI is InChI=1S/C18H26O6/c1-6-22-16(19)10-13(4)9-15(12-18(21)24-8-3)14(5)11-17(20)23-7-2/h6-8,13-15H,1-3,9-12H2,4-5H3. The average Bonchev–Trinajstić information content (AvgIpc) is 2.46. The maximum atomic E-state index is 11.7. The molecule has 0 aromatic rings. The molecule has 0 rings (SSSR count). The van der Waals surface area contributed by atoms with Crippen LogP contribution in [0.1, 0.15) is 39.5 Å². The Morgan fingerprint density at radius 1 is 0.792 bits per heavy atom. The first-order valence-corrected chi connectivity index (χ1v) is 7.75. The van der Waals surface area contributed by atoms with Gasteiger partial charge in [0.2, 0.25) is 0 Å². The zero-order chi connectivity index (χ0) is 18.5. The molecule has 0 aliphatic rings. The van der Waals surface area contributed by atoms with Crippen LogP contribution >= 0.6 is 0 Å². The normalized spacial score (nSPS) is 13.8. The average molecular weight is 338 g/mol. The van der Waals surface area contributed by atoms with Crippen molar-refractivity contribution in [1.29, 1.82) is 0 Å². The van der Waals surface area contributed by atoms with Gasteiger partial charge in [-0.1, -0.05) is 33.6 Å². The van der Waals surface area contributed by atoms with Crippen LogP contribution in [-0.2, 0) is 28.6 Å². The van der Waals surface area contributed by atoms with E-state index in [1.165, 1.54) is 0 Å². The Balaban J connectivity index is 4.83. The SMILES string of the molecule is C=COC(=O)CC(C)CC(CC(=O)OC=C)C(C)CC(=O)OC=C. The summed E-state index contributed by atoms with van der Waals surface area (Å²) in [5.41, 5.74) is 0. The van der Waals surface area contributed by atoms with E-state index in [0.717, 1.165) is 18.8 Å². The minimum atomic E-state index is -0.431. The number of carbonyl (C=O) groups is 3. The molecule has 0 aromatic carbocycles. The minimum Gasteiger partial charge on any atom is -0.435 e. The van der Waals surface area contributed by atoms with E-state index in [9.17, 15) is 14.4 Å². The predicted molar refractivity (Wildman–Crippen MR) is 89.2 cm³/mol. The summed E-state index contributed by atoms with van der Waals surface area (Å²) >= 11 is 0. The third-order valence-electron chi connectivity index (χ3n) is 3.59. The molecule has 134 valence electrons.